The smallest absolute Gasteiger partial charge is 0.303 e. The highest BCUT2D eigenvalue weighted by Crippen LogP contribution is 2.20. The van der Waals surface area contributed by atoms with Crippen molar-refractivity contribution >= 4 is 11.7 Å². The van der Waals surface area contributed by atoms with Crippen LogP contribution in [0.1, 0.15) is 26.2 Å². The van der Waals surface area contributed by atoms with Crippen molar-refractivity contribution in [3.63, 3.8) is 0 Å². The molecule has 0 fully saturated rings. The van der Waals surface area contributed by atoms with E-state index in [1.807, 2.05) is 19.1 Å². The Balaban J connectivity index is 2.45. The molecule has 0 aliphatic rings. The summed E-state index contributed by atoms with van der Waals surface area (Å²) in [6.45, 7) is 3.70. The number of unbranched alkanes of at least 4 members (excludes halogenated alkanes) is 1. The van der Waals surface area contributed by atoms with Crippen LogP contribution in [0.3, 0.4) is 0 Å². The minimum absolute atomic E-state index is 0.220. The van der Waals surface area contributed by atoms with E-state index in [0.29, 0.717) is 6.42 Å². The van der Waals surface area contributed by atoms with E-state index in [0.717, 1.165) is 25.2 Å². The van der Waals surface area contributed by atoms with Crippen molar-refractivity contribution in [2.24, 2.45) is 0 Å². The third kappa shape index (κ3) is 4.76. The number of rotatable bonds is 7. The van der Waals surface area contributed by atoms with E-state index >= 15 is 0 Å². The van der Waals surface area contributed by atoms with Gasteiger partial charge in [0, 0.05) is 31.3 Å². The van der Waals surface area contributed by atoms with Crippen LogP contribution >= 0.6 is 0 Å². The number of aromatic hydroxyl groups is 1. The van der Waals surface area contributed by atoms with Crippen LogP contribution in [-0.4, -0.2) is 29.3 Å². The second-order valence-electron chi connectivity index (χ2n) is 3.95. The number of phenols is 1. The third-order valence-electron chi connectivity index (χ3n) is 2.65. The molecule has 0 aliphatic carbocycles. The van der Waals surface area contributed by atoms with Crippen LogP contribution in [0.15, 0.2) is 24.3 Å². The molecule has 0 radical (unpaired) electrons. The normalized spacial score (nSPS) is 10.2. The molecule has 0 amide bonds. The Hall–Kier alpha value is -1.71. The number of benzene rings is 1. The minimum Gasteiger partial charge on any atom is -0.508 e. The number of hydrogen-bond donors (Lipinski definition) is 2. The maximum Gasteiger partial charge on any atom is 0.303 e. The lowest BCUT2D eigenvalue weighted by atomic mass is 10.2. The zero-order chi connectivity index (χ0) is 12.7. The predicted molar refractivity (Wildman–Crippen MR) is 67.5 cm³/mol. The predicted octanol–water partition coefficient (Wildman–Crippen LogP) is 2.47. The number of carboxylic acids is 1. The van der Waals surface area contributed by atoms with E-state index in [9.17, 15) is 9.90 Å². The van der Waals surface area contributed by atoms with Gasteiger partial charge in [0.1, 0.15) is 5.75 Å². The summed E-state index contributed by atoms with van der Waals surface area (Å²) in [6.07, 6.45) is 1.75. The number of carboxylic acid groups (broad SMARTS) is 1. The van der Waals surface area contributed by atoms with Crippen molar-refractivity contribution in [2.75, 3.05) is 18.0 Å². The molecule has 4 nitrogen and oxygen atoms in total. The average molecular weight is 237 g/mol. The van der Waals surface area contributed by atoms with E-state index in [2.05, 4.69) is 4.90 Å². The summed E-state index contributed by atoms with van der Waals surface area (Å²) in [4.78, 5) is 12.5. The molecule has 94 valence electrons. The van der Waals surface area contributed by atoms with Gasteiger partial charge in [-0.05, 0) is 31.9 Å². The van der Waals surface area contributed by atoms with Gasteiger partial charge in [-0.25, -0.2) is 0 Å². The fraction of sp³-hybridized carbons (Fsp3) is 0.462. The number of hydrogen-bond acceptors (Lipinski definition) is 3. The topological polar surface area (TPSA) is 60.8 Å². The van der Waals surface area contributed by atoms with Gasteiger partial charge in [0.25, 0.3) is 0 Å². The fourth-order valence-electron chi connectivity index (χ4n) is 1.74. The van der Waals surface area contributed by atoms with Gasteiger partial charge < -0.3 is 15.1 Å². The number of nitrogens with zero attached hydrogens (tertiary/aromatic N) is 1. The highest BCUT2D eigenvalue weighted by molar-refractivity contribution is 5.66. The molecule has 1 aromatic carbocycles. The first kappa shape index (κ1) is 13.4. The number of carbonyl (C=O) groups is 1. The van der Waals surface area contributed by atoms with E-state index in [4.69, 9.17) is 5.11 Å². The maximum atomic E-state index is 10.4. The van der Waals surface area contributed by atoms with Gasteiger partial charge >= 0.3 is 5.97 Å². The van der Waals surface area contributed by atoms with Crippen molar-refractivity contribution in [1.29, 1.82) is 0 Å². The van der Waals surface area contributed by atoms with Crippen LogP contribution in [0.4, 0.5) is 5.69 Å². The van der Waals surface area contributed by atoms with Gasteiger partial charge in [-0.1, -0.05) is 6.07 Å². The Labute approximate surface area is 101 Å². The highest BCUT2D eigenvalue weighted by atomic mass is 16.4. The summed E-state index contributed by atoms with van der Waals surface area (Å²) in [5.74, 6) is -0.489. The Kier molecular flexibility index (Phi) is 5.33. The van der Waals surface area contributed by atoms with Gasteiger partial charge in [-0.3, -0.25) is 4.79 Å². The van der Waals surface area contributed by atoms with Crippen LogP contribution in [0.5, 0.6) is 5.75 Å². The second-order valence-corrected chi connectivity index (χ2v) is 3.95. The second kappa shape index (κ2) is 6.78. The molecule has 0 unspecified atom stereocenters. The van der Waals surface area contributed by atoms with Gasteiger partial charge in [-0.15, -0.1) is 0 Å². The Bertz CT molecular complexity index is 365. The standard InChI is InChI=1S/C13H19NO3/c1-2-14(9-4-3-8-13(16)17)11-6-5-7-12(15)10-11/h5-7,10,15H,2-4,8-9H2,1H3,(H,16,17). The number of anilines is 1. The van der Waals surface area contributed by atoms with Gasteiger partial charge in [0.15, 0.2) is 0 Å². The molecular weight excluding hydrogens is 218 g/mol. The highest BCUT2D eigenvalue weighted by Gasteiger charge is 2.05. The fourth-order valence-corrected chi connectivity index (χ4v) is 1.74. The molecule has 0 bridgehead atoms. The lowest BCUT2D eigenvalue weighted by Gasteiger charge is -2.23. The third-order valence-corrected chi connectivity index (χ3v) is 2.65. The molecule has 0 aromatic heterocycles. The van der Waals surface area contributed by atoms with E-state index < -0.39 is 5.97 Å². The quantitative estimate of drug-likeness (QED) is 0.715. The Morgan fingerprint density at radius 3 is 2.71 bits per heavy atom. The van der Waals surface area contributed by atoms with Crippen molar-refractivity contribution in [3.05, 3.63) is 24.3 Å². The molecule has 17 heavy (non-hydrogen) atoms. The first-order valence-electron chi connectivity index (χ1n) is 5.89. The van der Waals surface area contributed by atoms with Gasteiger partial charge in [-0.2, -0.15) is 0 Å². The van der Waals surface area contributed by atoms with Gasteiger partial charge in [0.05, 0.1) is 0 Å². The molecule has 0 heterocycles. The summed E-state index contributed by atoms with van der Waals surface area (Å²) < 4.78 is 0. The molecular formula is C13H19NO3. The maximum absolute atomic E-state index is 10.4. The Morgan fingerprint density at radius 2 is 2.12 bits per heavy atom. The van der Waals surface area contributed by atoms with Crippen LogP contribution in [0.2, 0.25) is 0 Å². The first-order chi connectivity index (χ1) is 8.13. The molecule has 2 N–H and O–H groups in total. The summed E-state index contributed by atoms with van der Waals surface area (Å²) >= 11 is 0. The van der Waals surface area contributed by atoms with E-state index in [-0.39, 0.29) is 12.2 Å². The van der Waals surface area contributed by atoms with Crippen LogP contribution in [0, 0.1) is 0 Å². The molecule has 0 atom stereocenters. The molecule has 0 saturated carbocycles. The number of phenolic OH excluding ortho intramolecular Hbond substituents is 1. The van der Waals surface area contributed by atoms with Crippen LogP contribution in [0.25, 0.3) is 0 Å². The average Bonchev–Trinajstić information content (AvgIpc) is 2.29. The molecule has 0 spiro atoms. The van der Waals surface area contributed by atoms with Gasteiger partial charge in [0.2, 0.25) is 0 Å². The summed E-state index contributed by atoms with van der Waals surface area (Å²) in [7, 11) is 0. The molecule has 0 saturated heterocycles. The van der Waals surface area contributed by atoms with Crippen molar-refractivity contribution in [2.45, 2.75) is 26.2 Å². The lowest BCUT2D eigenvalue weighted by molar-refractivity contribution is -0.137. The van der Waals surface area contributed by atoms with E-state index in [1.54, 1.807) is 12.1 Å². The Morgan fingerprint density at radius 1 is 1.35 bits per heavy atom. The summed E-state index contributed by atoms with van der Waals surface area (Å²) in [5.41, 5.74) is 0.975. The van der Waals surface area contributed by atoms with Crippen molar-refractivity contribution in [1.82, 2.24) is 0 Å². The van der Waals surface area contributed by atoms with Crippen LogP contribution < -0.4 is 4.90 Å². The van der Waals surface area contributed by atoms with E-state index in [1.165, 1.54) is 0 Å². The lowest BCUT2D eigenvalue weighted by Crippen LogP contribution is -2.23. The minimum atomic E-state index is -0.745. The number of aliphatic carboxylic acids is 1. The largest absolute Gasteiger partial charge is 0.508 e. The first-order valence-corrected chi connectivity index (χ1v) is 5.89. The van der Waals surface area contributed by atoms with Crippen molar-refractivity contribution in [3.8, 4) is 5.75 Å². The molecule has 0 aliphatic heterocycles. The summed E-state index contributed by atoms with van der Waals surface area (Å²) in [6, 6.07) is 7.12. The molecule has 4 heteroatoms. The zero-order valence-corrected chi connectivity index (χ0v) is 10.1. The van der Waals surface area contributed by atoms with Crippen molar-refractivity contribution < 1.29 is 15.0 Å². The SMILES string of the molecule is CCN(CCCCC(=O)O)c1cccc(O)c1. The zero-order valence-electron chi connectivity index (χ0n) is 10.1. The molecule has 1 aromatic rings. The van der Waals surface area contributed by atoms with Crippen LogP contribution in [-0.2, 0) is 4.79 Å². The molecule has 1 rings (SSSR count). The monoisotopic (exact) mass is 237 g/mol. The summed E-state index contributed by atoms with van der Waals surface area (Å²) in [5, 5.41) is 17.9.